The first-order chi connectivity index (χ1) is 14.3. The van der Waals surface area contributed by atoms with Gasteiger partial charge in [0.05, 0.1) is 30.1 Å². The summed E-state index contributed by atoms with van der Waals surface area (Å²) in [5.41, 5.74) is 7.58. The van der Waals surface area contributed by atoms with Crippen LogP contribution in [-0.2, 0) is 9.59 Å². The topological polar surface area (TPSA) is 134 Å². The molecular weight excluding hydrogens is 390 g/mol. The van der Waals surface area contributed by atoms with Gasteiger partial charge in [-0.1, -0.05) is 6.07 Å². The molecule has 9 heteroatoms. The molecule has 0 aliphatic carbocycles. The van der Waals surface area contributed by atoms with Crippen LogP contribution in [0.1, 0.15) is 22.8 Å². The third-order valence-corrected chi connectivity index (χ3v) is 4.30. The number of carboxylic acids is 1. The van der Waals surface area contributed by atoms with Crippen molar-refractivity contribution in [1.29, 1.82) is 0 Å². The number of methoxy groups -OCH3 is 1. The van der Waals surface area contributed by atoms with Gasteiger partial charge < -0.3 is 25.1 Å². The maximum absolute atomic E-state index is 12.9. The number of hydrazone groups is 1. The highest BCUT2D eigenvalue weighted by Gasteiger charge is 2.28. The zero-order chi connectivity index (χ0) is 21.8. The molecule has 30 heavy (non-hydrogen) atoms. The molecule has 0 unspecified atom stereocenters. The molecule has 2 amide bonds. The monoisotopic (exact) mass is 408 g/mol. The van der Waals surface area contributed by atoms with Crippen LogP contribution < -0.4 is 25.3 Å². The number of carbonyl (C=O) groups is 3. The molecule has 1 aliphatic rings. The Labute approximate surface area is 172 Å². The van der Waals surface area contributed by atoms with Crippen LogP contribution in [0, 0.1) is 0 Å². The summed E-state index contributed by atoms with van der Waals surface area (Å²) in [4.78, 5) is 34.6. The van der Waals surface area contributed by atoms with Gasteiger partial charge in [-0.15, -0.1) is 0 Å². The van der Waals surface area contributed by atoms with Crippen LogP contribution in [0.15, 0.2) is 53.1 Å². The first kappa shape index (κ1) is 20.6. The summed E-state index contributed by atoms with van der Waals surface area (Å²) < 4.78 is 10.3. The van der Waals surface area contributed by atoms with Gasteiger partial charge in [-0.2, -0.15) is 10.1 Å². The van der Waals surface area contributed by atoms with E-state index in [0.29, 0.717) is 33.8 Å². The van der Waals surface area contributed by atoms with Crippen molar-refractivity contribution < 1.29 is 29.0 Å². The zero-order valence-corrected chi connectivity index (χ0v) is 16.2. The number of amides is 2. The molecule has 0 aromatic heterocycles. The van der Waals surface area contributed by atoms with Gasteiger partial charge in [-0.05, 0) is 55.0 Å². The van der Waals surface area contributed by atoms with E-state index in [4.69, 9.17) is 15.2 Å². The van der Waals surface area contributed by atoms with E-state index in [9.17, 15) is 19.5 Å². The fraction of sp³-hybridized carbons (Fsp3) is 0.143. The predicted octanol–water partition coefficient (Wildman–Crippen LogP) is 0.729. The third-order valence-electron chi connectivity index (χ3n) is 4.30. The van der Waals surface area contributed by atoms with Gasteiger partial charge >= 0.3 is 0 Å². The largest absolute Gasteiger partial charge is 0.546 e. The Morgan fingerprint density at radius 2 is 1.87 bits per heavy atom. The molecule has 154 valence electrons. The summed E-state index contributed by atoms with van der Waals surface area (Å²) in [6, 6.07) is 11.0. The van der Waals surface area contributed by atoms with Crippen molar-refractivity contribution >= 4 is 35.3 Å². The van der Waals surface area contributed by atoms with E-state index in [2.05, 4.69) is 5.10 Å². The molecule has 0 radical (unpaired) electrons. The normalized spacial score (nSPS) is 14.6. The van der Waals surface area contributed by atoms with Gasteiger partial charge in [0.1, 0.15) is 6.61 Å². The average Bonchev–Trinajstić information content (AvgIpc) is 3.00. The molecular formula is C21H18N3O6-. The van der Waals surface area contributed by atoms with E-state index < -0.39 is 18.5 Å². The Morgan fingerprint density at radius 3 is 2.47 bits per heavy atom. The molecule has 2 aromatic rings. The number of carbonyl (C=O) groups excluding carboxylic acids is 3. The molecule has 1 heterocycles. The number of benzene rings is 2. The SMILES string of the molecule is COc1cc(/C=C2\C(=O)N(c3ccc(C(N)=O)cc3)N=C2C)ccc1OCC(=O)[O-]. The second-order valence-corrected chi connectivity index (χ2v) is 6.34. The number of rotatable bonds is 7. The number of carboxylic acid groups (broad SMARTS) is 1. The number of nitrogens with two attached hydrogens (primary N) is 1. The number of hydrogen-bond donors (Lipinski definition) is 1. The highest BCUT2D eigenvalue weighted by Crippen LogP contribution is 2.30. The average molecular weight is 408 g/mol. The van der Waals surface area contributed by atoms with E-state index in [1.54, 1.807) is 43.3 Å². The van der Waals surface area contributed by atoms with Gasteiger partial charge in [-0.25, -0.2) is 0 Å². The van der Waals surface area contributed by atoms with E-state index >= 15 is 0 Å². The summed E-state index contributed by atoms with van der Waals surface area (Å²) in [5.74, 6) is -1.70. The number of primary amides is 1. The lowest BCUT2D eigenvalue weighted by atomic mass is 10.1. The van der Waals surface area contributed by atoms with Crippen LogP contribution in [0.25, 0.3) is 6.08 Å². The second kappa shape index (κ2) is 8.48. The minimum Gasteiger partial charge on any atom is -0.546 e. The molecule has 0 spiro atoms. The van der Waals surface area contributed by atoms with Crippen LogP contribution >= 0.6 is 0 Å². The highest BCUT2D eigenvalue weighted by atomic mass is 16.5. The number of aliphatic carboxylic acids is 1. The number of anilines is 1. The van der Waals surface area contributed by atoms with E-state index in [1.807, 2.05) is 0 Å². The number of ether oxygens (including phenoxy) is 2. The Balaban J connectivity index is 1.85. The predicted molar refractivity (Wildman–Crippen MR) is 107 cm³/mol. The van der Waals surface area contributed by atoms with Crippen molar-refractivity contribution in [3.05, 3.63) is 59.2 Å². The molecule has 0 bridgehead atoms. The van der Waals surface area contributed by atoms with E-state index in [-0.39, 0.29) is 11.7 Å². The Kier molecular flexibility index (Phi) is 5.82. The Bertz CT molecular complexity index is 1070. The Hall–Kier alpha value is -4.14. The summed E-state index contributed by atoms with van der Waals surface area (Å²) in [6.45, 7) is 1.10. The molecule has 0 saturated carbocycles. The van der Waals surface area contributed by atoms with Crippen molar-refractivity contribution in [1.82, 2.24) is 0 Å². The lowest BCUT2D eigenvalue weighted by Crippen LogP contribution is -2.29. The van der Waals surface area contributed by atoms with Crippen LogP contribution in [0.2, 0.25) is 0 Å². The second-order valence-electron chi connectivity index (χ2n) is 6.34. The van der Waals surface area contributed by atoms with Crippen molar-refractivity contribution in [3.8, 4) is 11.5 Å². The smallest absolute Gasteiger partial charge is 0.280 e. The molecule has 2 N–H and O–H groups in total. The van der Waals surface area contributed by atoms with Crippen molar-refractivity contribution in [2.45, 2.75) is 6.92 Å². The van der Waals surface area contributed by atoms with Gasteiger partial charge in [-0.3, -0.25) is 9.59 Å². The van der Waals surface area contributed by atoms with E-state index in [1.165, 1.54) is 24.3 Å². The molecule has 0 fully saturated rings. The lowest BCUT2D eigenvalue weighted by Gasteiger charge is -2.12. The Morgan fingerprint density at radius 1 is 1.17 bits per heavy atom. The summed E-state index contributed by atoms with van der Waals surface area (Å²) >= 11 is 0. The van der Waals surface area contributed by atoms with Gasteiger partial charge in [0.15, 0.2) is 11.5 Å². The van der Waals surface area contributed by atoms with Crippen LogP contribution in [0.3, 0.4) is 0 Å². The fourth-order valence-corrected chi connectivity index (χ4v) is 2.82. The summed E-state index contributed by atoms with van der Waals surface area (Å²) in [5, 5.41) is 16.1. The number of nitrogens with zero attached hydrogens (tertiary/aromatic N) is 2. The van der Waals surface area contributed by atoms with Crippen molar-refractivity contribution in [2.75, 3.05) is 18.7 Å². The van der Waals surface area contributed by atoms with E-state index in [0.717, 1.165) is 0 Å². The molecule has 9 nitrogen and oxygen atoms in total. The van der Waals surface area contributed by atoms with Gasteiger partial charge in [0.2, 0.25) is 5.91 Å². The molecule has 1 aliphatic heterocycles. The summed E-state index contributed by atoms with van der Waals surface area (Å²) in [6.07, 6.45) is 1.64. The lowest BCUT2D eigenvalue weighted by molar-refractivity contribution is -0.307. The molecule has 2 aromatic carbocycles. The van der Waals surface area contributed by atoms with Crippen molar-refractivity contribution in [3.63, 3.8) is 0 Å². The maximum Gasteiger partial charge on any atom is 0.280 e. The quantitative estimate of drug-likeness (QED) is 0.671. The molecule has 3 rings (SSSR count). The molecule has 0 saturated heterocycles. The van der Waals surface area contributed by atoms with Gasteiger partial charge in [0, 0.05) is 5.56 Å². The minimum absolute atomic E-state index is 0.239. The van der Waals surface area contributed by atoms with Gasteiger partial charge in [0.25, 0.3) is 5.91 Å². The highest BCUT2D eigenvalue weighted by molar-refractivity contribution is 6.32. The third kappa shape index (κ3) is 4.30. The van der Waals surface area contributed by atoms with Crippen LogP contribution in [-0.4, -0.2) is 37.2 Å². The summed E-state index contributed by atoms with van der Waals surface area (Å²) in [7, 11) is 1.42. The molecule has 0 atom stereocenters. The van der Waals surface area contributed by atoms with Crippen LogP contribution in [0.4, 0.5) is 5.69 Å². The van der Waals surface area contributed by atoms with Crippen LogP contribution in [0.5, 0.6) is 11.5 Å². The fourth-order valence-electron chi connectivity index (χ4n) is 2.82. The van der Waals surface area contributed by atoms with Crippen molar-refractivity contribution in [2.24, 2.45) is 10.8 Å². The standard InChI is InChI=1S/C21H19N3O6/c1-12-16(9-13-3-8-17(18(10-13)29-2)30-11-19(25)26)21(28)24(23-12)15-6-4-14(5-7-15)20(22)27/h3-10H,11H2,1-2H3,(H2,22,27)(H,25,26)/p-1/b16-9-. The first-order valence-electron chi connectivity index (χ1n) is 8.82. The maximum atomic E-state index is 12.9. The minimum atomic E-state index is -1.35. The number of hydrogen-bond acceptors (Lipinski definition) is 7. The first-order valence-corrected chi connectivity index (χ1v) is 8.82. The zero-order valence-electron chi connectivity index (χ0n) is 16.2.